The molecule has 0 radical (unpaired) electrons. The van der Waals surface area contributed by atoms with E-state index in [-0.39, 0.29) is 0 Å². The standard InChI is InChI=1S/C18H18O3/c1-18(2,3)21-17(19)20-16-10-6-9-14-13-8-5-4-7-12(13)11-15(14)16/h4-10H,11H2,1-3H3. The molecule has 1 aliphatic carbocycles. The fourth-order valence-corrected chi connectivity index (χ4v) is 2.58. The van der Waals surface area contributed by atoms with Crippen LogP contribution in [0.5, 0.6) is 5.75 Å². The first-order valence-corrected chi connectivity index (χ1v) is 7.05. The predicted octanol–water partition coefficient (Wildman–Crippen LogP) is 4.57. The van der Waals surface area contributed by atoms with Gasteiger partial charge in [-0.25, -0.2) is 4.79 Å². The molecule has 0 aromatic heterocycles. The number of hydrogen-bond donors (Lipinski definition) is 0. The van der Waals surface area contributed by atoms with Crippen LogP contribution in [0.2, 0.25) is 0 Å². The van der Waals surface area contributed by atoms with Crippen molar-refractivity contribution >= 4 is 6.16 Å². The summed E-state index contributed by atoms with van der Waals surface area (Å²) in [7, 11) is 0. The maximum absolute atomic E-state index is 11.9. The molecule has 0 saturated carbocycles. The summed E-state index contributed by atoms with van der Waals surface area (Å²) in [6, 6.07) is 14.0. The lowest BCUT2D eigenvalue weighted by Crippen LogP contribution is -2.26. The zero-order chi connectivity index (χ0) is 15.0. The van der Waals surface area contributed by atoms with Gasteiger partial charge in [0, 0.05) is 12.0 Å². The number of fused-ring (bicyclic) bond motifs is 3. The topological polar surface area (TPSA) is 35.5 Å². The Balaban J connectivity index is 1.89. The van der Waals surface area contributed by atoms with Gasteiger partial charge < -0.3 is 9.47 Å². The molecule has 0 unspecified atom stereocenters. The quantitative estimate of drug-likeness (QED) is 0.484. The van der Waals surface area contributed by atoms with Crippen molar-refractivity contribution in [3.05, 3.63) is 53.6 Å². The van der Waals surface area contributed by atoms with E-state index in [9.17, 15) is 4.79 Å². The van der Waals surface area contributed by atoms with Crippen molar-refractivity contribution in [1.29, 1.82) is 0 Å². The molecule has 0 spiro atoms. The van der Waals surface area contributed by atoms with Crippen molar-refractivity contribution in [2.45, 2.75) is 32.8 Å². The Morgan fingerprint density at radius 2 is 1.71 bits per heavy atom. The van der Waals surface area contributed by atoms with Gasteiger partial charge in [0.15, 0.2) is 0 Å². The van der Waals surface area contributed by atoms with Gasteiger partial charge in [0.25, 0.3) is 0 Å². The van der Waals surface area contributed by atoms with E-state index in [1.54, 1.807) is 0 Å². The summed E-state index contributed by atoms with van der Waals surface area (Å²) < 4.78 is 10.6. The Bertz CT molecular complexity index is 696. The first-order chi connectivity index (χ1) is 9.94. The van der Waals surface area contributed by atoms with E-state index in [0.29, 0.717) is 5.75 Å². The van der Waals surface area contributed by atoms with Gasteiger partial charge in [-0.15, -0.1) is 0 Å². The van der Waals surface area contributed by atoms with Crippen LogP contribution in [-0.2, 0) is 11.2 Å². The third-order valence-corrected chi connectivity index (χ3v) is 3.39. The number of carbonyl (C=O) groups excluding carboxylic acids is 1. The molecule has 3 rings (SSSR count). The molecule has 0 amide bonds. The lowest BCUT2D eigenvalue weighted by molar-refractivity contribution is 0.0205. The van der Waals surface area contributed by atoms with Crippen LogP contribution in [-0.4, -0.2) is 11.8 Å². The fraction of sp³-hybridized carbons (Fsp3) is 0.278. The molecule has 2 aromatic carbocycles. The van der Waals surface area contributed by atoms with Gasteiger partial charge in [0.05, 0.1) is 0 Å². The number of hydrogen-bond acceptors (Lipinski definition) is 3. The van der Waals surface area contributed by atoms with E-state index in [0.717, 1.165) is 17.5 Å². The summed E-state index contributed by atoms with van der Waals surface area (Å²) in [6.07, 6.45) is 0.122. The van der Waals surface area contributed by atoms with E-state index in [1.807, 2.05) is 45.0 Å². The van der Waals surface area contributed by atoms with Gasteiger partial charge in [-0.3, -0.25) is 0 Å². The van der Waals surface area contributed by atoms with Gasteiger partial charge in [0.1, 0.15) is 11.4 Å². The van der Waals surface area contributed by atoms with Crippen molar-refractivity contribution < 1.29 is 14.3 Å². The second kappa shape index (κ2) is 4.92. The third kappa shape index (κ3) is 2.77. The molecule has 3 nitrogen and oxygen atoms in total. The van der Waals surface area contributed by atoms with E-state index in [1.165, 1.54) is 11.1 Å². The van der Waals surface area contributed by atoms with Crippen LogP contribution in [0.3, 0.4) is 0 Å². The van der Waals surface area contributed by atoms with Crippen molar-refractivity contribution in [2.24, 2.45) is 0 Å². The van der Waals surface area contributed by atoms with Gasteiger partial charge in [-0.05, 0) is 43.5 Å². The molecule has 2 aromatic rings. The highest BCUT2D eigenvalue weighted by atomic mass is 16.7. The normalized spacial score (nSPS) is 12.5. The van der Waals surface area contributed by atoms with Crippen LogP contribution in [0, 0.1) is 0 Å². The Labute approximate surface area is 124 Å². The molecule has 0 heterocycles. The number of ether oxygens (including phenoxy) is 2. The first-order valence-electron chi connectivity index (χ1n) is 7.05. The molecular weight excluding hydrogens is 264 g/mol. The SMILES string of the molecule is CC(C)(C)OC(=O)Oc1cccc2c1Cc1ccccc1-2. The van der Waals surface area contributed by atoms with Gasteiger partial charge in [-0.2, -0.15) is 0 Å². The molecule has 0 N–H and O–H groups in total. The summed E-state index contributed by atoms with van der Waals surface area (Å²) in [4.78, 5) is 11.9. The van der Waals surface area contributed by atoms with Gasteiger partial charge in [-0.1, -0.05) is 36.4 Å². The first kappa shape index (κ1) is 13.7. The van der Waals surface area contributed by atoms with Crippen molar-refractivity contribution in [2.75, 3.05) is 0 Å². The van der Waals surface area contributed by atoms with Crippen LogP contribution in [0.4, 0.5) is 4.79 Å². The number of benzene rings is 2. The minimum absolute atomic E-state index is 0.558. The summed E-state index contributed by atoms with van der Waals surface area (Å²) in [5, 5.41) is 0. The highest BCUT2D eigenvalue weighted by Gasteiger charge is 2.24. The molecule has 0 saturated heterocycles. The minimum Gasteiger partial charge on any atom is -0.428 e. The van der Waals surface area contributed by atoms with Crippen molar-refractivity contribution in [3.63, 3.8) is 0 Å². The highest BCUT2D eigenvalue weighted by molar-refractivity contribution is 5.80. The van der Waals surface area contributed by atoms with E-state index in [4.69, 9.17) is 9.47 Å². The fourth-order valence-electron chi connectivity index (χ4n) is 2.58. The average Bonchev–Trinajstić information content (AvgIpc) is 2.76. The molecule has 0 bridgehead atoms. The highest BCUT2D eigenvalue weighted by Crippen LogP contribution is 2.41. The molecule has 0 fully saturated rings. The maximum atomic E-state index is 11.9. The predicted molar refractivity (Wildman–Crippen MR) is 81.5 cm³/mol. The summed E-state index contributed by atoms with van der Waals surface area (Å²) in [5.41, 5.74) is 4.09. The van der Waals surface area contributed by atoms with Crippen molar-refractivity contribution in [1.82, 2.24) is 0 Å². The molecular formula is C18H18O3. The summed E-state index contributed by atoms with van der Waals surface area (Å²) in [5.74, 6) is 0.581. The second-order valence-electron chi connectivity index (χ2n) is 6.18. The van der Waals surface area contributed by atoms with Crippen LogP contribution < -0.4 is 4.74 Å². The Morgan fingerprint density at radius 3 is 2.48 bits per heavy atom. The number of carbonyl (C=O) groups is 1. The Morgan fingerprint density at radius 1 is 1.00 bits per heavy atom. The average molecular weight is 282 g/mol. The van der Waals surface area contributed by atoms with Gasteiger partial charge >= 0.3 is 6.16 Å². The molecule has 0 atom stereocenters. The minimum atomic E-state index is -0.660. The molecule has 0 aliphatic heterocycles. The molecule has 3 heteroatoms. The lowest BCUT2D eigenvalue weighted by atomic mass is 10.1. The summed E-state index contributed by atoms with van der Waals surface area (Å²) in [6.45, 7) is 5.46. The van der Waals surface area contributed by atoms with E-state index < -0.39 is 11.8 Å². The molecule has 108 valence electrons. The molecule has 21 heavy (non-hydrogen) atoms. The Hall–Kier alpha value is -2.29. The smallest absolute Gasteiger partial charge is 0.428 e. The van der Waals surface area contributed by atoms with Crippen molar-refractivity contribution in [3.8, 4) is 16.9 Å². The van der Waals surface area contributed by atoms with Gasteiger partial charge in [0.2, 0.25) is 0 Å². The van der Waals surface area contributed by atoms with Crippen LogP contribution >= 0.6 is 0 Å². The zero-order valence-electron chi connectivity index (χ0n) is 12.5. The number of rotatable bonds is 1. The van der Waals surface area contributed by atoms with E-state index >= 15 is 0 Å². The molecule has 1 aliphatic rings. The third-order valence-electron chi connectivity index (χ3n) is 3.39. The van der Waals surface area contributed by atoms with Crippen LogP contribution in [0.25, 0.3) is 11.1 Å². The second-order valence-corrected chi connectivity index (χ2v) is 6.18. The summed E-state index contributed by atoms with van der Waals surface area (Å²) >= 11 is 0. The largest absolute Gasteiger partial charge is 0.514 e. The van der Waals surface area contributed by atoms with Crippen LogP contribution in [0.15, 0.2) is 42.5 Å². The van der Waals surface area contributed by atoms with E-state index in [2.05, 4.69) is 18.2 Å². The Kier molecular flexibility index (Phi) is 3.20. The zero-order valence-corrected chi connectivity index (χ0v) is 12.5. The lowest BCUT2D eigenvalue weighted by Gasteiger charge is -2.19. The van der Waals surface area contributed by atoms with Crippen LogP contribution in [0.1, 0.15) is 31.9 Å². The maximum Gasteiger partial charge on any atom is 0.514 e. The monoisotopic (exact) mass is 282 g/mol.